The molecule has 1 heterocycles. The Bertz CT molecular complexity index is 730. The van der Waals surface area contributed by atoms with Crippen LogP contribution in [0.5, 0.6) is 0 Å². The highest BCUT2D eigenvalue weighted by molar-refractivity contribution is 7.89. The van der Waals surface area contributed by atoms with E-state index in [4.69, 9.17) is 5.84 Å². The molecule has 0 amide bonds. The highest BCUT2D eigenvalue weighted by atomic mass is 32.2. The number of sulfonamides is 1. The second-order valence-electron chi connectivity index (χ2n) is 4.79. The maximum Gasteiger partial charge on any atom is 0.241 e. The predicted octanol–water partition coefficient (Wildman–Crippen LogP) is 1.83. The molecule has 1 aromatic carbocycles. The van der Waals surface area contributed by atoms with E-state index in [1.54, 1.807) is 26.0 Å². The molecule has 0 fully saturated rings. The number of hydrogen-bond donors (Lipinski definition) is 3. The van der Waals surface area contributed by atoms with Crippen molar-refractivity contribution in [2.45, 2.75) is 32.2 Å². The maximum absolute atomic E-state index is 12.5. The summed E-state index contributed by atoms with van der Waals surface area (Å²) in [7, 11) is -3.59. The van der Waals surface area contributed by atoms with E-state index in [1.165, 1.54) is 11.3 Å². The molecule has 0 radical (unpaired) electrons. The monoisotopic (exact) mass is 326 g/mol. The Balaban J connectivity index is 2.27. The summed E-state index contributed by atoms with van der Waals surface area (Å²) in [5.74, 6) is 5.36. The Labute approximate surface area is 128 Å². The number of hydrazine groups is 1. The second-order valence-corrected chi connectivity index (χ2v) is 7.44. The quantitative estimate of drug-likeness (QED) is 0.575. The molecule has 4 N–H and O–H groups in total. The summed E-state index contributed by atoms with van der Waals surface area (Å²) in [6.07, 6.45) is 0. The first-order valence-corrected chi connectivity index (χ1v) is 8.68. The summed E-state index contributed by atoms with van der Waals surface area (Å²) in [6.45, 7) is 5.56. The first kappa shape index (κ1) is 15.9. The summed E-state index contributed by atoms with van der Waals surface area (Å²) in [6, 6.07) is 3.41. The van der Waals surface area contributed by atoms with Crippen LogP contribution in [-0.4, -0.2) is 13.4 Å². The molecular weight excluding hydrogens is 308 g/mol. The summed E-state index contributed by atoms with van der Waals surface area (Å²) < 4.78 is 27.5. The van der Waals surface area contributed by atoms with E-state index in [2.05, 4.69) is 15.1 Å². The van der Waals surface area contributed by atoms with Gasteiger partial charge in [0.2, 0.25) is 10.0 Å². The minimum atomic E-state index is -3.59. The summed E-state index contributed by atoms with van der Waals surface area (Å²) in [5, 5.41) is 2.63. The largest absolute Gasteiger partial charge is 0.324 e. The number of aromatic nitrogens is 1. The van der Waals surface area contributed by atoms with Gasteiger partial charge in [-0.2, -0.15) is 0 Å². The van der Waals surface area contributed by atoms with E-state index in [-0.39, 0.29) is 11.4 Å². The van der Waals surface area contributed by atoms with Crippen LogP contribution in [0.1, 0.15) is 21.8 Å². The van der Waals surface area contributed by atoms with Crippen LogP contribution >= 0.6 is 11.3 Å². The van der Waals surface area contributed by atoms with Crippen LogP contribution in [0.3, 0.4) is 0 Å². The number of benzene rings is 1. The number of hydrogen-bond acceptors (Lipinski definition) is 6. The van der Waals surface area contributed by atoms with E-state index in [1.807, 2.05) is 12.3 Å². The molecule has 0 atom stereocenters. The van der Waals surface area contributed by atoms with Crippen LogP contribution in [0.4, 0.5) is 5.69 Å². The molecule has 1 aromatic heterocycles. The standard InChI is InChI=1S/C13H18N4O2S2/c1-8-4-11(17-14)5-9(2)13(8)21(18,19)15-6-12-16-10(3)7-20-12/h4-5,7,15,17H,6,14H2,1-3H3. The van der Waals surface area contributed by atoms with Crippen LogP contribution in [0.2, 0.25) is 0 Å². The molecule has 0 spiro atoms. The number of nitrogens with zero attached hydrogens (tertiary/aromatic N) is 1. The predicted molar refractivity (Wildman–Crippen MR) is 84.6 cm³/mol. The third kappa shape index (κ3) is 3.59. The van der Waals surface area contributed by atoms with Gasteiger partial charge in [0.25, 0.3) is 0 Å². The van der Waals surface area contributed by atoms with E-state index >= 15 is 0 Å². The topological polar surface area (TPSA) is 97.1 Å². The van der Waals surface area contributed by atoms with Crippen molar-refractivity contribution in [1.82, 2.24) is 9.71 Å². The lowest BCUT2D eigenvalue weighted by atomic mass is 10.1. The van der Waals surface area contributed by atoms with Gasteiger partial charge in [-0.15, -0.1) is 11.3 Å². The smallest absolute Gasteiger partial charge is 0.241 e. The Morgan fingerprint density at radius 3 is 2.33 bits per heavy atom. The molecule has 8 heteroatoms. The lowest BCUT2D eigenvalue weighted by molar-refractivity contribution is 0.580. The van der Waals surface area contributed by atoms with E-state index in [9.17, 15) is 8.42 Å². The lowest BCUT2D eigenvalue weighted by Crippen LogP contribution is -2.25. The van der Waals surface area contributed by atoms with Crippen molar-refractivity contribution in [3.05, 3.63) is 39.3 Å². The van der Waals surface area contributed by atoms with E-state index < -0.39 is 10.0 Å². The van der Waals surface area contributed by atoms with E-state index in [0.29, 0.717) is 16.8 Å². The van der Waals surface area contributed by atoms with E-state index in [0.717, 1.165) is 10.7 Å². The average molecular weight is 326 g/mol. The van der Waals surface area contributed by atoms with Gasteiger partial charge in [-0.1, -0.05) is 0 Å². The molecule has 0 unspecified atom stereocenters. The summed E-state index contributed by atoms with van der Waals surface area (Å²) >= 11 is 1.44. The van der Waals surface area contributed by atoms with Gasteiger partial charge >= 0.3 is 0 Å². The lowest BCUT2D eigenvalue weighted by Gasteiger charge is -2.13. The molecule has 2 aromatic rings. The molecule has 0 saturated heterocycles. The van der Waals surface area contributed by atoms with Crippen LogP contribution in [0.25, 0.3) is 0 Å². The SMILES string of the molecule is Cc1csc(CNS(=O)(=O)c2c(C)cc(NN)cc2C)n1. The molecule has 0 aliphatic carbocycles. The van der Waals surface area contributed by atoms with Crippen molar-refractivity contribution in [1.29, 1.82) is 0 Å². The third-order valence-electron chi connectivity index (χ3n) is 2.98. The molecular formula is C13H18N4O2S2. The van der Waals surface area contributed by atoms with Gasteiger partial charge in [0.15, 0.2) is 0 Å². The Kier molecular flexibility index (Phi) is 4.62. The summed E-state index contributed by atoms with van der Waals surface area (Å²) in [5.41, 5.74) is 5.38. The minimum Gasteiger partial charge on any atom is -0.324 e. The van der Waals surface area contributed by atoms with Crippen molar-refractivity contribution in [2.75, 3.05) is 5.43 Å². The van der Waals surface area contributed by atoms with Crippen LogP contribution in [0, 0.1) is 20.8 Å². The fourth-order valence-electron chi connectivity index (χ4n) is 2.17. The van der Waals surface area contributed by atoms with Crippen molar-refractivity contribution >= 4 is 27.0 Å². The molecule has 21 heavy (non-hydrogen) atoms. The molecule has 114 valence electrons. The highest BCUT2D eigenvalue weighted by Gasteiger charge is 2.20. The molecule has 2 rings (SSSR count). The van der Waals surface area contributed by atoms with Crippen molar-refractivity contribution in [3.63, 3.8) is 0 Å². The molecule has 0 saturated carbocycles. The van der Waals surface area contributed by atoms with Crippen molar-refractivity contribution < 1.29 is 8.42 Å². The second kappa shape index (κ2) is 6.10. The summed E-state index contributed by atoms with van der Waals surface area (Å²) in [4.78, 5) is 4.53. The first-order valence-electron chi connectivity index (χ1n) is 6.32. The number of nitrogens with two attached hydrogens (primary N) is 1. The van der Waals surface area contributed by atoms with Gasteiger partial charge in [0.1, 0.15) is 5.01 Å². The highest BCUT2D eigenvalue weighted by Crippen LogP contribution is 2.24. The van der Waals surface area contributed by atoms with Crippen LogP contribution in [0.15, 0.2) is 22.4 Å². The van der Waals surface area contributed by atoms with Gasteiger partial charge in [-0.25, -0.2) is 18.1 Å². The van der Waals surface area contributed by atoms with Crippen LogP contribution in [-0.2, 0) is 16.6 Å². The Morgan fingerprint density at radius 2 is 1.86 bits per heavy atom. The third-order valence-corrected chi connectivity index (χ3v) is 5.65. The number of rotatable bonds is 5. The molecule has 0 aliphatic rings. The average Bonchev–Trinajstić information content (AvgIpc) is 2.81. The number of aryl methyl sites for hydroxylation is 3. The maximum atomic E-state index is 12.5. The normalized spacial score (nSPS) is 11.6. The number of thiazole rings is 1. The zero-order chi connectivity index (χ0) is 15.6. The van der Waals surface area contributed by atoms with Gasteiger partial charge < -0.3 is 5.43 Å². The molecule has 6 nitrogen and oxygen atoms in total. The molecule has 0 bridgehead atoms. The fraction of sp³-hybridized carbons (Fsp3) is 0.308. The zero-order valence-corrected chi connectivity index (χ0v) is 13.7. The Hall–Kier alpha value is -1.48. The van der Waals surface area contributed by atoms with Gasteiger partial charge in [0.05, 0.1) is 11.4 Å². The zero-order valence-electron chi connectivity index (χ0n) is 12.1. The van der Waals surface area contributed by atoms with Gasteiger partial charge in [-0.05, 0) is 44.0 Å². The van der Waals surface area contributed by atoms with Crippen LogP contribution < -0.4 is 16.0 Å². The first-order chi connectivity index (χ1) is 9.83. The number of anilines is 1. The number of nitrogens with one attached hydrogen (secondary N) is 2. The van der Waals surface area contributed by atoms with Gasteiger partial charge in [-0.3, -0.25) is 5.84 Å². The number of nitrogen functional groups attached to an aromatic ring is 1. The van der Waals surface area contributed by atoms with Gasteiger partial charge in [0, 0.05) is 16.8 Å². The Morgan fingerprint density at radius 1 is 1.24 bits per heavy atom. The molecule has 0 aliphatic heterocycles. The minimum absolute atomic E-state index is 0.191. The van der Waals surface area contributed by atoms with Crippen molar-refractivity contribution in [2.24, 2.45) is 5.84 Å². The van der Waals surface area contributed by atoms with Crippen molar-refractivity contribution in [3.8, 4) is 0 Å². The fourth-order valence-corrected chi connectivity index (χ4v) is 4.41.